The van der Waals surface area contributed by atoms with Gasteiger partial charge >= 0.3 is 12.1 Å². The number of aromatic nitrogens is 1. The molecule has 4 rings (SSSR count). The molecule has 25 heavy (non-hydrogen) atoms. The zero-order valence-corrected chi connectivity index (χ0v) is 14.4. The largest absolute Gasteiger partial charge is 0.490 e. The van der Waals surface area contributed by atoms with Gasteiger partial charge in [-0.25, -0.2) is 9.78 Å². The summed E-state index contributed by atoms with van der Waals surface area (Å²) in [4.78, 5) is 15.1. The van der Waals surface area contributed by atoms with Crippen molar-refractivity contribution in [1.82, 2.24) is 10.3 Å². The predicted molar refractivity (Wildman–Crippen MR) is 92.0 cm³/mol. The lowest BCUT2D eigenvalue weighted by Gasteiger charge is -2.13. The monoisotopic (exact) mass is 386 g/mol. The van der Waals surface area contributed by atoms with Gasteiger partial charge in [-0.3, -0.25) is 0 Å². The van der Waals surface area contributed by atoms with Gasteiger partial charge in [0.25, 0.3) is 0 Å². The van der Waals surface area contributed by atoms with Crippen molar-refractivity contribution in [1.29, 1.82) is 0 Å². The number of carbonyl (C=O) groups is 1. The van der Waals surface area contributed by atoms with Crippen molar-refractivity contribution < 1.29 is 23.1 Å². The van der Waals surface area contributed by atoms with Crippen LogP contribution >= 0.6 is 22.7 Å². The third-order valence-electron chi connectivity index (χ3n) is 3.58. The number of nitrogens with one attached hydrogen (secondary N) is 1. The summed E-state index contributed by atoms with van der Waals surface area (Å²) in [6.07, 6.45) is -3.95. The Bertz CT molecular complexity index is 869. The fraction of sp³-hybridized carbons (Fsp3) is 0.250. The van der Waals surface area contributed by atoms with E-state index in [2.05, 4.69) is 35.0 Å². The molecule has 0 radical (unpaired) electrons. The molecule has 0 saturated heterocycles. The van der Waals surface area contributed by atoms with E-state index < -0.39 is 12.1 Å². The van der Waals surface area contributed by atoms with E-state index in [1.54, 1.807) is 11.3 Å². The van der Waals surface area contributed by atoms with Crippen molar-refractivity contribution in [2.24, 2.45) is 0 Å². The Balaban J connectivity index is 0.000000225. The SMILES string of the molecule is O=C(O)C(F)(F)F.c1ccc2sc(-c3csc4c3CCNC4)nc2c1. The number of hydrogen-bond donors (Lipinski definition) is 2. The van der Waals surface area contributed by atoms with Gasteiger partial charge in [-0.2, -0.15) is 13.2 Å². The summed E-state index contributed by atoms with van der Waals surface area (Å²) >= 11 is 3.66. The number of nitrogens with zero attached hydrogens (tertiary/aromatic N) is 1. The summed E-state index contributed by atoms with van der Waals surface area (Å²) < 4.78 is 33.0. The maximum atomic E-state index is 10.6. The lowest BCUT2D eigenvalue weighted by Crippen LogP contribution is -2.22. The van der Waals surface area contributed by atoms with E-state index in [1.165, 1.54) is 25.7 Å². The first kappa shape index (κ1) is 17.8. The van der Waals surface area contributed by atoms with E-state index in [4.69, 9.17) is 14.9 Å². The van der Waals surface area contributed by atoms with Crippen LogP contribution in [0.25, 0.3) is 20.8 Å². The van der Waals surface area contributed by atoms with E-state index in [0.717, 1.165) is 25.0 Å². The summed E-state index contributed by atoms with van der Waals surface area (Å²) in [6, 6.07) is 8.38. The second-order valence-electron chi connectivity index (χ2n) is 5.27. The van der Waals surface area contributed by atoms with Gasteiger partial charge in [-0.1, -0.05) is 12.1 Å². The molecule has 0 spiro atoms. The van der Waals surface area contributed by atoms with Crippen LogP contribution in [0.4, 0.5) is 13.2 Å². The molecule has 0 bridgehead atoms. The number of thiophene rings is 1. The molecular weight excluding hydrogens is 373 g/mol. The number of halogens is 3. The quantitative estimate of drug-likeness (QED) is 0.654. The third kappa shape index (κ3) is 4.00. The number of fused-ring (bicyclic) bond motifs is 2. The molecule has 1 aliphatic rings. The topological polar surface area (TPSA) is 62.2 Å². The number of benzene rings is 1. The van der Waals surface area contributed by atoms with Crippen LogP contribution in [0, 0.1) is 0 Å². The van der Waals surface area contributed by atoms with E-state index in [9.17, 15) is 13.2 Å². The second kappa shape index (κ2) is 7.11. The van der Waals surface area contributed by atoms with Gasteiger partial charge in [0.1, 0.15) is 5.01 Å². The van der Waals surface area contributed by atoms with Gasteiger partial charge in [0.05, 0.1) is 10.2 Å². The Morgan fingerprint density at radius 2 is 2.00 bits per heavy atom. The van der Waals surface area contributed by atoms with Crippen LogP contribution in [0.3, 0.4) is 0 Å². The van der Waals surface area contributed by atoms with Crippen molar-refractivity contribution in [2.75, 3.05) is 6.54 Å². The molecule has 3 aromatic rings. The van der Waals surface area contributed by atoms with Crippen LogP contribution < -0.4 is 5.32 Å². The van der Waals surface area contributed by atoms with Crippen LogP contribution in [0.15, 0.2) is 29.6 Å². The zero-order chi connectivity index (χ0) is 18.0. The zero-order valence-electron chi connectivity index (χ0n) is 12.8. The lowest BCUT2D eigenvalue weighted by molar-refractivity contribution is -0.192. The van der Waals surface area contributed by atoms with Crippen molar-refractivity contribution in [2.45, 2.75) is 19.1 Å². The molecule has 4 nitrogen and oxygen atoms in total. The minimum absolute atomic E-state index is 1.02. The molecule has 0 atom stereocenters. The van der Waals surface area contributed by atoms with Crippen molar-refractivity contribution in [3.05, 3.63) is 40.1 Å². The van der Waals surface area contributed by atoms with Crippen molar-refractivity contribution in [3.8, 4) is 10.6 Å². The number of para-hydroxylation sites is 1. The number of alkyl halides is 3. The fourth-order valence-electron chi connectivity index (χ4n) is 2.43. The molecule has 0 unspecified atom stereocenters. The van der Waals surface area contributed by atoms with Gasteiger partial charge < -0.3 is 10.4 Å². The predicted octanol–water partition coefficient (Wildman–Crippen LogP) is 4.30. The Morgan fingerprint density at radius 3 is 2.68 bits per heavy atom. The molecule has 0 amide bonds. The molecule has 1 aliphatic heterocycles. The highest BCUT2D eigenvalue weighted by Crippen LogP contribution is 2.37. The van der Waals surface area contributed by atoms with Crippen molar-refractivity contribution in [3.63, 3.8) is 0 Å². The Labute approximate surface area is 148 Å². The highest BCUT2D eigenvalue weighted by Gasteiger charge is 2.38. The Hall–Kier alpha value is -1.97. The molecule has 9 heteroatoms. The van der Waals surface area contributed by atoms with E-state index in [0.29, 0.717) is 0 Å². The number of carboxylic acid groups (broad SMARTS) is 1. The van der Waals surface area contributed by atoms with Crippen LogP contribution in [0.5, 0.6) is 0 Å². The Morgan fingerprint density at radius 1 is 1.28 bits per heavy atom. The molecule has 1 aromatic carbocycles. The third-order valence-corrected chi connectivity index (χ3v) is 5.68. The summed E-state index contributed by atoms with van der Waals surface area (Å²) in [5.74, 6) is -2.76. The number of thiazole rings is 1. The average Bonchev–Trinajstić information content (AvgIpc) is 3.18. The van der Waals surface area contributed by atoms with E-state index in [-0.39, 0.29) is 0 Å². The maximum absolute atomic E-state index is 10.6. The molecule has 0 fully saturated rings. The summed E-state index contributed by atoms with van der Waals surface area (Å²) in [6.45, 7) is 2.10. The Kier molecular flexibility index (Phi) is 5.07. The average molecular weight is 386 g/mol. The number of rotatable bonds is 1. The number of aliphatic carboxylic acids is 1. The molecular formula is C16H13F3N2O2S2. The van der Waals surface area contributed by atoms with Gasteiger partial charge in [0, 0.05) is 22.4 Å². The summed E-state index contributed by atoms with van der Waals surface area (Å²) in [5.41, 5.74) is 3.99. The van der Waals surface area contributed by atoms with E-state index >= 15 is 0 Å². The van der Waals surface area contributed by atoms with Crippen molar-refractivity contribution >= 4 is 38.9 Å². The fourth-order valence-corrected chi connectivity index (χ4v) is 4.56. The minimum atomic E-state index is -5.08. The summed E-state index contributed by atoms with van der Waals surface area (Å²) in [7, 11) is 0. The summed E-state index contributed by atoms with van der Waals surface area (Å²) in [5, 5.41) is 14.0. The molecule has 3 heterocycles. The minimum Gasteiger partial charge on any atom is -0.475 e. The molecule has 132 valence electrons. The van der Waals surface area contributed by atoms with Gasteiger partial charge in [-0.05, 0) is 30.7 Å². The molecule has 2 aromatic heterocycles. The lowest BCUT2D eigenvalue weighted by atomic mass is 10.1. The van der Waals surface area contributed by atoms with Crippen LogP contribution in [0.2, 0.25) is 0 Å². The smallest absolute Gasteiger partial charge is 0.475 e. The molecule has 2 N–H and O–H groups in total. The van der Waals surface area contributed by atoms with Gasteiger partial charge in [0.15, 0.2) is 0 Å². The van der Waals surface area contributed by atoms with Gasteiger partial charge in [0.2, 0.25) is 0 Å². The van der Waals surface area contributed by atoms with Crippen LogP contribution in [0.1, 0.15) is 10.4 Å². The second-order valence-corrected chi connectivity index (χ2v) is 7.26. The standard InChI is InChI=1S/C14H12N2S2.C2HF3O2/c1-2-4-12-11(3-1)16-14(18-12)10-8-17-13-7-15-6-5-9(10)13;3-2(4,5)1(6)7/h1-4,8,15H,5-7H2;(H,6,7). The maximum Gasteiger partial charge on any atom is 0.490 e. The molecule has 0 aliphatic carbocycles. The highest BCUT2D eigenvalue weighted by atomic mass is 32.1. The first-order chi connectivity index (χ1) is 11.9. The molecule has 0 saturated carbocycles. The highest BCUT2D eigenvalue weighted by molar-refractivity contribution is 7.22. The number of carboxylic acids is 1. The normalized spacial score (nSPS) is 13.9. The van der Waals surface area contributed by atoms with E-state index in [1.807, 2.05) is 11.3 Å². The van der Waals surface area contributed by atoms with Gasteiger partial charge in [-0.15, -0.1) is 22.7 Å². The van der Waals surface area contributed by atoms with Crippen LogP contribution in [-0.4, -0.2) is 28.8 Å². The first-order valence-electron chi connectivity index (χ1n) is 7.32. The number of hydrogen-bond acceptors (Lipinski definition) is 5. The first-order valence-corrected chi connectivity index (χ1v) is 9.02. The van der Waals surface area contributed by atoms with Crippen LogP contribution in [-0.2, 0) is 17.8 Å².